The van der Waals surface area contributed by atoms with E-state index in [0.29, 0.717) is 29.8 Å². The minimum Gasteiger partial charge on any atom is -0.444 e. The SMILES string of the molecule is C=CCOCC1CCCN1C(=O)[C@H](C/C(=C/C(=C)Cl)C(=C)Br)N(C)C(=O)CNC(=O)C(CC=C)N(C)C(=O)CNC(=O)OC(C)(C)C.CC(C)C. The number of carbonyl (C=O) groups is 5. The van der Waals surface area contributed by atoms with Gasteiger partial charge < -0.3 is 34.8 Å². The zero-order chi connectivity index (χ0) is 39.5. The standard InChI is InChI=1S/C33H49BrClN5O7.C4H10/c1-10-13-26(38(8)29(42)20-37-32(45)47-33(5,6)7)30(43)36-19-28(41)39(9)27(18-24(23(4)34)17-22(3)35)31(44)40-15-12-14-25(40)21-46-16-11-2;1-4(2)3/h10-11,17,25-27H,1-4,12-16,18-21H2,5-9H3,(H,36,43)(H,37,45);4H,1-3H3/b24-17-;/t25?,26?,27-;/m0./s1. The average Bonchev–Trinajstić information content (AvgIpc) is 3.49. The lowest BCUT2D eigenvalue weighted by Crippen LogP contribution is -2.55. The summed E-state index contributed by atoms with van der Waals surface area (Å²) in [5, 5.41) is 5.17. The van der Waals surface area contributed by atoms with Crippen LogP contribution in [0.25, 0.3) is 0 Å². The molecule has 0 radical (unpaired) electrons. The van der Waals surface area contributed by atoms with Crippen LogP contribution in [0.15, 0.2) is 59.6 Å². The highest BCUT2D eigenvalue weighted by Gasteiger charge is 2.37. The number of likely N-dealkylation sites (tertiary alicyclic amines) is 1. The van der Waals surface area contributed by atoms with E-state index in [2.05, 4.69) is 73.7 Å². The van der Waals surface area contributed by atoms with Gasteiger partial charge in [-0.2, -0.15) is 0 Å². The Balaban J connectivity index is 0.00000591. The molecule has 1 fully saturated rings. The van der Waals surface area contributed by atoms with Gasteiger partial charge in [0, 0.05) is 36.6 Å². The zero-order valence-electron chi connectivity index (χ0n) is 31.7. The van der Waals surface area contributed by atoms with E-state index in [4.69, 9.17) is 21.1 Å². The normalized spacial score (nSPS) is 15.4. The molecule has 2 N–H and O–H groups in total. The Bertz CT molecular complexity index is 1280. The Hall–Kier alpha value is -3.42. The number of halogens is 2. The van der Waals surface area contributed by atoms with E-state index < -0.39 is 54.6 Å². The molecule has 1 rings (SSSR count). The minimum atomic E-state index is -1.02. The number of allylic oxidation sites excluding steroid dienone is 3. The largest absolute Gasteiger partial charge is 0.444 e. The first-order valence-electron chi connectivity index (χ1n) is 16.9. The smallest absolute Gasteiger partial charge is 0.408 e. The number of nitrogens with one attached hydrogen (secondary N) is 2. The molecule has 0 aromatic rings. The summed E-state index contributed by atoms with van der Waals surface area (Å²) >= 11 is 9.41. The lowest BCUT2D eigenvalue weighted by molar-refractivity contribution is -0.146. The summed E-state index contributed by atoms with van der Waals surface area (Å²) in [6.45, 7) is 26.8. The predicted molar refractivity (Wildman–Crippen MR) is 207 cm³/mol. The van der Waals surface area contributed by atoms with Crippen LogP contribution in [0.3, 0.4) is 0 Å². The molecule has 3 atom stereocenters. The fourth-order valence-electron chi connectivity index (χ4n) is 4.75. The monoisotopic (exact) mass is 799 g/mol. The van der Waals surface area contributed by atoms with E-state index in [1.165, 1.54) is 25.1 Å². The van der Waals surface area contributed by atoms with E-state index in [-0.39, 0.29) is 29.8 Å². The van der Waals surface area contributed by atoms with Gasteiger partial charge in [0.25, 0.3) is 0 Å². The maximum atomic E-state index is 14.0. The molecule has 0 aromatic carbocycles. The lowest BCUT2D eigenvalue weighted by atomic mass is 10.0. The summed E-state index contributed by atoms with van der Waals surface area (Å²) in [6, 6.07) is -2.16. The van der Waals surface area contributed by atoms with E-state index in [1.54, 1.807) is 37.8 Å². The van der Waals surface area contributed by atoms with E-state index in [9.17, 15) is 24.0 Å². The third-order valence-corrected chi connectivity index (χ3v) is 7.81. The van der Waals surface area contributed by atoms with Gasteiger partial charge in [0.2, 0.25) is 23.6 Å². The molecule has 1 heterocycles. The van der Waals surface area contributed by atoms with E-state index in [1.807, 2.05) is 0 Å². The van der Waals surface area contributed by atoms with Crippen molar-refractivity contribution >= 4 is 57.3 Å². The summed E-state index contributed by atoms with van der Waals surface area (Å²) in [6.07, 6.45) is 5.58. The highest BCUT2D eigenvalue weighted by atomic mass is 79.9. The first-order valence-corrected chi connectivity index (χ1v) is 18.1. The van der Waals surface area contributed by atoms with Crippen molar-refractivity contribution in [2.45, 2.75) is 91.0 Å². The number of alkyl carbamates (subject to hydrolysis) is 1. The van der Waals surface area contributed by atoms with Crippen LogP contribution >= 0.6 is 27.5 Å². The topological polar surface area (TPSA) is 138 Å². The van der Waals surface area contributed by atoms with Crippen molar-refractivity contribution in [3.8, 4) is 0 Å². The van der Waals surface area contributed by atoms with Gasteiger partial charge >= 0.3 is 6.09 Å². The van der Waals surface area contributed by atoms with Gasteiger partial charge in [-0.05, 0) is 57.6 Å². The highest BCUT2D eigenvalue weighted by molar-refractivity contribution is 9.11. The first kappa shape index (κ1) is 47.6. The fraction of sp³-hybridized carbons (Fsp3) is 0.595. The number of hydrogen-bond acceptors (Lipinski definition) is 7. The molecule has 1 saturated heterocycles. The van der Waals surface area contributed by atoms with Gasteiger partial charge in [-0.25, -0.2) is 4.79 Å². The van der Waals surface area contributed by atoms with E-state index in [0.717, 1.165) is 23.7 Å². The predicted octanol–water partition coefficient (Wildman–Crippen LogP) is 5.69. The molecule has 5 amide bonds. The number of nitrogens with zero attached hydrogens (tertiary/aromatic N) is 3. The highest BCUT2D eigenvalue weighted by Crippen LogP contribution is 2.27. The summed E-state index contributed by atoms with van der Waals surface area (Å²) in [5.41, 5.74) is -0.181. The molecule has 0 bridgehead atoms. The van der Waals surface area contributed by atoms with Crippen molar-refractivity contribution in [2.75, 3.05) is 46.9 Å². The Morgan fingerprint density at radius 3 is 2.02 bits per heavy atom. The third kappa shape index (κ3) is 19.1. The van der Waals surface area contributed by atoms with Crippen molar-refractivity contribution in [2.24, 2.45) is 5.92 Å². The number of carbonyl (C=O) groups excluding carboxylic acids is 5. The van der Waals surface area contributed by atoms with Gasteiger partial charge in [-0.3, -0.25) is 19.2 Å². The van der Waals surface area contributed by atoms with Crippen LogP contribution in [-0.4, -0.2) is 115 Å². The molecular formula is C37H59BrClN5O7. The molecule has 2 unspecified atom stereocenters. The zero-order valence-corrected chi connectivity index (χ0v) is 34.0. The minimum absolute atomic E-state index is 0.0720. The molecule has 1 aliphatic rings. The lowest BCUT2D eigenvalue weighted by Gasteiger charge is -2.34. The molecule has 51 heavy (non-hydrogen) atoms. The third-order valence-electron chi connectivity index (χ3n) is 7.19. The van der Waals surface area contributed by atoms with Crippen LogP contribution in [0, 0.1) is 5.92 Å². The number of ether oxygens (including phenoxy) is 2. The van der Waals surface area contributed by atoms with Crippen LogP contribution < -0.4 is 10.6 Å². The second-order valence-corrected chi connectivity index (χ2v) is 15.2. The second-order valence-electron chi connectivity index (χ2n) is 13.7. The van der Waals surface area contributed by atoms with Crippen LogP contribution in [0.4, 0.5) is 4.79 Å². The fourth-order valence-corrected chi connectivity index (χ4v) is 5.16. The van der Waals surface area contributed by atoms with Crippen LogP contribution in [0.1, 0.15) is 67.2 Å². The van der Waals surface area contributed by atoms with Crippen molar-refractivity contribution in [3.63, 3.8) is 0 Å². The molecular weight excluding hydrogens is 742 g/mol. The maximum absolute atomic E-state index is 14.0. The molecule has 1 aliphatic heterocycles. The van der Waals surface area contributed by atoms with Crippen LogP contribution in [0.2, 0.25) is 0 Å². The molecule has 288 valence electrons. The summed E-state index contributed by atoms with van der Waals surface area (Å²) in [4.78, 5) is 69.6. The van der Waals surface area contributed by atoms with Crippen LogP contribution in [-0.2, 0) is 28.7 Å². The number of rotatable bonds is 18. The summed E-state index contributed by atoms with van der Waals surface area (Å²) in [5.74, 6) is -1.17. The van der Waals surface area contributed by atoms with E-state index >= 15 is 0 Å². The van der Waals surface area contributed by atoms with Crippen LogP contribution in [0.5, 0.6) is 0 Å². The molecule has 14 heteroatoms. The Morgan fingerprint density at radius 2 is 1.53 bits per heavy atom. The summed E-state index contributed by atoms with van der Waals surface area (Å²) in [7, 11) is 2.90. The number of amides is 5. The Kier molecular flexibility index (Phi) is 22.3. The van der Waals surface area contributed by atoms with Gasteiger partial charge in [0.1, 0.15) is 24.2 Å². The van der Waals surface area contributed by atoms with Crippen molar-refractivity contribution in [1.82, 2.24) is 25.3 Å². The molecule has 0 saturated carbocycles. The number of likely N-dealkylation sites (N-methyl/N-ethyl adjacent to an activating group) is 2. The van der Waals surface area contributed by atoms with Gasteiger partial charge in [0.05, 0.1) is 25.8 Å². The maximum Gasteiger partial charge on any atom is 0.408 e. The van der Waals surface area contributed by atoms with Gasteiger partial charge in [-0.15, -0.1) is 13.2 Å². The van der Waals surface area contributed by atoms with Gasteiger partial charge in [-0.1, -0.05) is 73.6 Å². The summed E-state index contributed by atoms with van der Waals surface area (Å²) < 4.78 is 11.2. The molecule has 0 aliphatic carbocycles. The molecule has 12 nitrogen and oxygen atoms in total. The Morgan fingerprint density at radius 1 is 0.980 bits per heavy atom. The molecule has 0 aromatic heterocycles. The average molecular weight is 801 g/mol. The first-order chi connectivity index (χ1) is 23.7. The van der Waals surface area contributed by atoms with Gasteiger partial charge in [0.15, 0.2) is 0 Å². The number of hydrogen-bond donors (Lipinski definition) is 2. The molecule has 0 spiro atoms. The second kappa shape index (κ2) is 23.9. The van der Waals surface area contributed by atoms with Crippen molar-refractivity contribution in [3.05, 3.63) is 59.6 Å². The quantitative estimate of drug-likeness (QED) is 0.103. The van der Waals surface area contributed by atoms with Crippen molar-refractivity contribution < 1.29 is 33.4 Å². The van der Waals surface area contributed by atoms with Crippen molar-refractivity contribution in [1.29, 1.82) is 0 Å². The Labute approximate surface area is 318 Å².